The van der Waals surface area contributed by atoms with E-state index in [-0.39, 0.29) is 6.10 Å². The topological polar surface area (TPSA) is 23.5 Å². The summed E-state index contributed by atoms with van der Waals surface area (Å²) in [6, 6.07) is 4.94. The molecule has 16 heavy (non-hydrogen) atoms. The predicted octanol–water partition coefficient (Wildman–Crippen LogP) is 3.25. The van der Waals surface area contributed by atoms with Crippen LogP contribution in [0, 0.1) is 0 Å². The summed E-state index contributed by atoms with van der Waals surface area (Å²) in [7, 11) is 2.19. The third kappa shape index (κ3) is 3.29. The molecule has 0 saturated heterocycles. The maximum absolute atomic E-state index is 9.48. The van der Waals surface area contributed by atoms with E-state index in [0.29, 0.717) is 6.04 Å². The van der Waals surface area contributed by atoms with Gasteiger partial charge in [-0.25, -0.2) is 0 Å². The van der Waals surface area contributed by atoms with Crippen LogP contribution in [0.4, 0.5) is 0 Å². The predicted molar refractivity (Wildman–Crippen MR) is 71.7 cm³/mol. The summed E-state index contributed by atoms with van der Waals surface area (Å²) in [4.78, 5) is 3.82. The molecule has 0 spiro atoms. The van der Waals surface area contributed by atoms with Crippen LogP contribution in [0.1, 0.15) is 30.6 Å². The van der Waals surface area contributed by atoms with Crippen molar-refractivity contribution in [3.05, 3.63) is 20.8 Å². The summed E-state index contributed by atoms with van der Waals surface area (Å²) in [5, 5.41) is 9.48. The van der Waals surface area contributed by atoms with E-state index in [0.717, 1.165) is 32.2 Å². The van der Waals surface area contributed by atoms with Crippen molar-refractivity contribution in [3.8, 4) is 0 Å². The Morgan fingerprint density at radius 2 is 2.06 bits per heavy atom. The number of nitrogens with zero attached hydrogens (tertiary/aromatic N) is 1. The highest BCUT2D eigenvalue weighted by atomic mass is 79.9. The van der Waals surface area contributed by atoms with Crippen LogP contribution in [-0.2, 0) is 6.54 Å². The van der Waals surface area contributed by atoms with Crippen LogP contribution < -0.4 is 0 Å². The normalized spacial score (nSPS) is 26.2. The standard InChI is InChI=1S/C12H18BrNOS/c1-14(8-11-6-7-12(13)16-11)9-2-4-10(15)5-3-9/h6-7,9-10,15H,2-5,8H2,1H3. The second-order valence-corrected chi connectivity index (χ2v) is 7.13. The van der Waals surface area contributed by atoms with Gasteiger partial charge in [-0.05, 0) is 60.8 Å². The number of aliphatic hydroxyl groups excluding tert-OH is 1. The molecule has 1 aromatic rings. The molecule has 1 heterocycles. The lowest BCUT2D eigenvalue weighted by atomic mass is 9.92. The van der Waals surface area contributed by atoms with Gasteiger partial charge in [0.1, 0.15) is 0 Å². The van der Waals surface area contributed by atoms with Crippen molar-refractivity contribution in [2.45, 2.75) is 44.4 Å². The molecule has 1 fully saturated rings. The van der Waals surface area contributed by atoms with Crippen LogP contribution in [0.3, 0.4) is 0 Å². The zero-order valence-electron chi connectivity index (χ0n) is 9.53. The van der Waals surface area contributed by atoms with Gasteiger partial charge >= 0.3 is 0 Å². The molecule has 0 amide bonds. The molecule has 2 rings (SSSR count). The minimum atomic E-state index is -0.0551. The Labute approximate surface area is 109 Å². The molecular formula is C12H18BrNOS. The molecule has 0 radical (unpaired) electrons. The number of hydrogen-bond donors (Lipinski definition) is 1. The summed E-state index contributed by atoms with van der Waals surface area (Å²) in [5.41, 5.74) is 0. The zero-order valence-corrected chi connectivity index (χ0v) is 11.9. The van der Waals surface area contributed by atoms with Gasteiger partial charge in [0.2, 0.25) is 0 Å². The fourth-order valence-corrected chi connectivity index (χ4v) is 3.86. The maximum atomic E-state index is 9.48. The minimum Gasteiger partial charge on any atom is -0.393 e. The van der Waals surface area contributed by atoms with Crippen LogP contribution in [-0.4, -0.2) is 29.2 Å². The van der Waals surface area contributed by atoms with Crippen molar-refractivity contribution < 1.29 is 5.11 Å². The lowest BCUT2D eigenvalue weighted by molar-refractivity contribution is 0.0821. The number of thiophene rings is 1. The van der Waals surface area contributed by atoms with Crippen molar-refractivity contribution in [3.63, 3.8) is 0 Å². The molecule has 4 heteroatoms. The van der Waals surface area contributed by atoms with Crippen molar-refractivity contribution in [1.82, 2.24) is 4.90 Å². The Bertz CT molecular complexity index is 334. The smallest absolute Gasteiger partial charge is 0.0701 e. The summed E-state index contributed by atoms with van der Waals surface area (Å²) in [5.74, 6) is 0. The van der Waals surface area contributed by atoms with Crippen molar-refractivity contribution in [2.24, 2.45) is 0 Å². The first-order valence-electron chi connectivity index (χ1n) is 5.77. The van der Waals surface area contributed by atoms with Crippen molar-refractivity contribution in [2.75, 3.05) is 7.05 Å². The van der Waals surface area contributed by atoms with E-state index < -0.39 is 0 Å². The summed E-state index contributed by atoms with van der Waals surface area (Å²) >= 11 is 5.30. The van der Waals surface area contributed by atoms with Gasteiger partial charge in [-0.3, -0.25) is 4.90 Å². The number of halogens is 1. The molecule has 1 N–H and O–H groups in total. The molecule has 1 saturated carbocycles. The first-order chi connectivity index (χ1) is 7.65. The van der Waals surface area contributed by atoms with E-state index >= 15 is 0 Å². The highest BCUT2D eigenvalue weighted by molar-refractivity contribution is 9.11. The molecule has 0 bridgehead atoms. The molecule has 0 aromatic carbocycles. The molecule has 90 valence electrons. The Morgan fingerprint density at radius 1 is 1.38 bits per heavy atom. The van der Waals surface area contributed by atoms with Crippen molar-refractivity contribution in [1.29, 1.82) is 0 Å². The van der Waals surface area contributed by atoms with Crippen molar-refractivity contribution >= 4 is 27.3 Å². The fraction of sp³-hybridized carbons (Fsp3) is 0.667. The molecular weight excluding hydrogens is 286 g/mol. The SMILES string of the molecule is CN(Cc1ccc(Br)s1)C1CCC(O)CC1. The third-order valence-electron chi connectivity index (χ3n) is 3.32. The van der Waals surface area contributed by atoms with Gasteiger partial charge < -0.3 is 5.11 Å². The highest BCUT2D eigenvalue weighted by Crippen LogP contribution is 2.27. The van der Waals surface area contributed by atoms with E-state index in [4.69, 9.17) is 0 Å². The Balaban J connectivity index is 1.85. The van der Waals surface area contributed by atoms with E-state index in [1.54, 1.807) is 11.3 Å². The van der Waals surface area contributed by atoms with E-state index in [9.17, 15) is 5.11 Å². The summed E-state index contributed by atoms with van der Waals surface area (Å²) in [6.07, 6.45) is 4.13. The van der Waals surface area contributed by atoms with Crippen LogP contribution in [0.25, 0.3) is 0 Å². The average Bonchev–Trinajstić information content (AvgIpc) is 2.65. The van der Waals surface area contributed by atoms with Gasteiger partial charge in [0, 0.05) is 17.5 Å². The van der Waals surface area contributed by atoms with Gasteiger partial charge in [0.15, 0.2) is 0 Å². The van der Waals surface area contributed by atoms with Gasteiger partial charge in [0.25, 0.3) is 0 Å². The summed E-state index contributed by atoms with van der Waals surface area (Å²) in [6.45, 7) is 1.02. The van der Waals surface area contributed by atoms with E-state index in [1.807, 2.05) is 0 Å². The Kier molecular flexibility index (Phi) is 4.41. The zero-order chi connectivity index (χ0) is 11.5. The first-order valence-corrected chi connectivity index (χ1v) is 7.38. The average molecular weight is 304 g/mol. The van der Waals surface area contributed by atoms with Gasteiger partial charge in [0.05, 0.1) is 9.89 Å². The van der Waals surface area contributed by atoms with E-state index in [2.05, 4.69) is 40.0 Å². The van der Waals surface area contributed by atoms with Crippen LogP contribution in [0.15, 0.2) is 15.9 Å². The molecule has 0 atom stereocenters. The third-order valence-corrected chi connectivity index (χ3v) is 4.93. The second kappa shape index (κ2) is 5.63. The van der Waals surface area contributed by atoms with Gasteiger partial charge in [-0.2, -0.15) is 0 Å². The number of hydrogen-bond acceptors (Lipinski definition) is 3. The van der Waals surface area contributed by atoms with Gasteiger partial charge in [-0.1, -0.05) is 0 Å². The molecule has 2 nitrogen and oxygen atoms in total. The van der Waals surface area contributed by atoms with Crippen LogP contribution in [0.2, 0.25) is 0 Å². The fourth-order valence-electron chi connectivity index (χ4n) is 2.31. The monoisotopic (exact) mass is 303 g/mol. The molecule has 0 unspecified atom stereocenters. The largest absolute Gasteiger partial charge is 0.393 e. The van der Waals surface area contributed by atoms with E-state index in [1.165, 1.54) is 8.66 Å². The lowest BCUT2D eigenvalue weighted by Gasteiger charge is -2.32. The van der Waals surface area contributed by atoms with Gasteiger partial charge in [-0.15, -0.1) is 11.3 Å². The van der Waals surface area contributed by atoms with Crippen LogP contribution in [0.5, 0.6) is 0 Å². The Hall–Kier alpha value is 0.1000. The maximum Gasteiger partial charge on any atom is 0.0701 e. The quantitative estimate of drug-likeness (QED) is 0.926. The number of aliphatic hydroxyl groups is 1. The molecule has 1 aliphatic carbocycles. The Morgan fingerprint density at radius 3 is 2.62 bits per heavy atom. The minimum absolute atomic E-state index is 0.0551. The first kappa shape index (κ1) is 12.6. The number of rotatable bonds is 3. The summed E-state index contributed by atoms with van der Waals surface area (Å²) < 4.78 is 1.20. The lowest BCUT2D eigenvalue weighted by Crippen LogP contribution is -2.35. The molecule has 1 aromatic heterocycles. The molecule has 0 aliphatic heterocycles. The molecule has 1 aliphatic rings. The highest BCUT2D eigenvalue weighted by Gasteiger charge is 2.22. The second-order valence-electron chi connectivity index (χ2n) is 4.58. The van der Waals surface area contributed by atoms with Crippen LogP contribution >= 0.6 is 27.3 Å².